The Balaban J connectivity index is 1.63. The fraction of sp³-hybridized carbons (Fsp3) is 0.550. The van der Waals surface area contributed by atoms with Gasteiger partial charge >= 0.3 is 0 Å². The van der Waals surface area contributed by atoms with Gasteiger partial charge in [-0.05, 0) is 13.3 Å². The van der Waals surface area contributed by atoms with Gasteiger partial charge in [-0.25, -0.2) is 15.0 Å². The molecule has 2 saturated heterocycles. The maximum Gasteiger partial charge on any atom is 0.214 e. The third-order valence-electron chi connectivity index (χ3n) is 6.10. The van der Waals surface area contributed by atoms with Crippen LogP contribution in [0, 0.1) is 0 Å². The molecule has 5 heterocycles. The molecular formula is C20H26N8O6. The quantitative estimate of drug-likeness (QED) is 0.253. The Bertz CT molecular complexity index is 1160. The van der Waals surface area contributed by atoms with E-state index in [1.807, 2.05) is 6.92 Å². The van der Waals surface area contributed by atoms with Crippen LogP contribution in [0.15, 0.2) is 12.5 Å². The highest BCUT2D eigenvalue weighted by atomic mass is 16.6. The Kier molecular flexibility index (Phi) is 6.14. The summed E-state index contributed by atoms with van der Waals surface area (Å²) in [6.07, 6.45) is -0.0960. The molecule has 14 nitrogen and oxygen atoms in total. The Morgan fingerprint density at radius 2 is 2.21 bits per heavy atom. The van der Waals surface area contributed by atoms with Crippen LogP contribution in [-0.4, -0.2) is 102 Å². The highest BCUT2D eigenvalue weighted by molar-refractivity contribution is 5.88. The van der Waals surface area contributed by atoms with Crippen LogP contribution < -0.4 is 10.2 Å². The second-order valence-corrected chi connectivity index (χ2v) is 8.18. The summed E-state index contributed by atoms with van der Waals surface area (Å²) in [5.74, 6) is 0.686. The van der Waals surface area contributed by atoms with Gasteiger partial charge in [0, 0.05) is 13.2 Å². The van der Waals surface area contributed by atoms with E-state index >= 15 is 0 Å². The average molecular weight is 474 g/mol. The molecule has 2 aliphatic heterocycles. The van der Waals surface area contributed by atoms with Crippen LogP contribution in [0.3, 0.4) is 0 Å². The van der Waals surface area contributed by atoms with Crippen LogP contribution in [0.5, 0.6) is 0 Å². The molecule has 5 N–H and O–H groups in total. The fourth-order valence-electron chi connectivity index (χ4n) is 4.23. The van der Waals surface area contributed by atoms with Crippen molar-refractivity contribution in [2.24, 2.45) is 0 Å². The van der Waals surface area contributed by atoms with Gasteiger partial charge in [0.15, 0.2) is 29.0 Å². The van der Waals surface area contributed by atoms with Crippen LogP contribution in [0.4, 0.5) is 11.5 Å². The number of ether oxygens (including phenoxy) is 2. The summed E-state index contributed by atoms with van der Waals surface area (Å²) < 4.78 is 12.6. The number of aromatic amines is 1. The van der Waals surface area contributed by atoms with Gasteiger partial charge in [-0.1, -0.05) is 0 Å². The Morgan fingerprint density at radius 3 is 2.88 bits per heavy atom. The highest BCUT2D eigenvalue weighted by Crippen LogP contribution is 2.34. The molecule has 14 heteroatoms. The molecule has 5 atom stereocenters. The van der Waals surface area contributed by atoms with Gasteiger partial charge in [0.1, 0.15) is 24.0 Å². The molecule has 0 spiro atoms. The van der Waals surface area contributed by atoms with Gasteiger partial charge in [-0.3, -0.25) is 14.5 Å². The van der Waals surface area contributed by atoms with Crippen LogP contribution in [0.1, 0.15) is 19.6 Å². The number of aromatic nitrogens is 6. The Labute approximate surface area is 193 Å². The number of carbonyl (C=O) groups is 1. The minimum absolute atomic E-state index is 0.0216. The van der Waals surface area contributed by atoms with Crippen LogP contribution >= 0.6 is 0 Å². The summed E-state index contributed by atoms with van der Waals surface area (Å²) in [6.45, 7) is 2.94. The van der Waals surface area contributed by atoms with Crippen molar-refractivity contribution in [3.8, 4) is 11.5 Å². The molecular weight excluding hydrogens is 448 g/mol. The number of carbonyl (C=O) groups excluding carboxylic acids is 1. The largest absolute Gasteiger partial charge is 0.394 e. The third kappa shape index (κ3) is 3.78. The number of fused-ring (bicyclic) bond motifs is 1. The van der Waals surface area contributed by atoms with E-state index in [1.165, 1.54) is 22.0 Å². The molecule has 3 aromatic heterocycles. The molecule has 2 fully saturated rings. The van der Waals surface area contributed by atoms with E-state index in [0.717, 1.165) is 6.42 Å². The maximum absolute atomic E-state index is 11.6. The zero-order valence-electron chi connectivity index (χ0n) is 18.4. The molecule has 5 rings (SSSR count). The van der Waals surface area contributed by atoms with E-state index in [1.54, 1.807) is 0 Å². The summed E-state index contributed by atoms with van der Waals surface area (Å²) in [5, 5.41) is 40.5. The zero-order valence-corrected chi connectivity index (χ0v) is 18.4. The lowest BCUT2D eigenvalue weighted by Gasteiger charge is -2.18. The molecule has 0 radical (unpaired) electrons. The van der Waals surface area contributed by atoms with Gasteiger partial charge in [0.2, 0.25) is 6.41 Å². The van der Waals surface area contributed by atoms with Gasteiger partial charge in [0.25, 0.3) is 0 Å². The number of aliphatic hydroxyl groups excluding tert-OH is 3. The number of anilines is 2. The molecule has 182 valence electrons. The number of hydrogen-bond donors (Lipinski definition) is 5. The third-order valence-corrected chi connectivity index (χ3v) is 6.10. The monoisotopic (exact) mass is 474 g/mol. The van der Waals surface area contributed by atoms with Crippen molar-refractivity contribution in [3.05, 3.63) is 12.5 Å². The second kappa shape index (κ2) is 9.23. The Morgan fingerprint density at radius 1 is 1.35 bits per heavy atom. The van der Waals surface area contributed by atoms with E-state index in [2.05, 4.69) is 30.5 Å². The first-order chi connectivity index (χ1) is 16.5. The lowest BCUT2D eigenvalue weighted by Crippen LogP contribution is -2.33. The van der Waals surface area contributed by atoms with Crippen molar-refractivity contribution in [1.82, 2.24) is 29.7 Å². The number of amides is 1. The summed E-state index contributed by atoms with van der Waals surface area (Å²) in [4.78, 5) is 26.8. The molecule has 0 unspecified atom stereocenters. The first kappa shape index (κ1) is 22.6. The first-order valence-corrected chi connectivity index (χ1v) is 11.0. The number of nitrogens with one attached hydrogen (secondary N) is 2. The maximum atomic E-state index is 11.6. The smallest absolute Gasteiger partial charge is 0.214 e. The number of hydrogen-bond acceptors (Lipinski definition) is 11. The van der Waals surface area contributed by atoms with Gasteiger partial charge in [-0.2, -0.15) is 5.10 Å². The van der Waals surface area contributed by atoms with Crippen molar-refractivity contribution < 1.29 is 29.6 Å². The number of imidazole rings is 1. The lowest BCUT2D eigenvalue weighted by atomic mass is 10.1. The first-order valence-electron chi connectivity index (χ1n) is 11.0. The van der Waals surface area contributed by atoms with Crippen molar-refractivity contribution >= 4 is 29.1 Å². The molecule has 3 aromatic rings. The van der Waals surface area contributed by atoms with E-state index in [9.17, 15) is 20.1 Å². The van der Waals surface area contributed by atoms with Crippen molar-refractivity contribution in [3.63, 3.8) is 0 Å². The van der Waals surface area contributed by atoms with Crippen LogP contribution in [-0.2, 0) is 14.3 Å². The minimum atomic E-state index is -1.30. The number of nitrogens with zero attached hydrogens (tertiary/aromatic N) is 6. The van der Waals surface area contributed by atoms with E-state index < -0.39 is 31.1 Å². The topological polar surface area (TPSA) is 184 Å². The van der Waals surface area contributed by atoms with Gasteiger partial charge < -0.3 is 35.0 Å². The molecule has 0 aromatic carbocycles. The van der Waals surface area contributed by atoms with Crippen molar-refractivity contribution in [2.45, 2.75) is 43.9 Å². The molecule has 0 aliphatic carbocycles. The predicted molar refractivity (Wildman–Crippen MR) is 118 cm³/mol. The normalized spacial score (nSPS) is 26.9. The molecule has 0 saturated carbocycles. The molecule has 1 amide bonds. The summed E-state index contributed by atoms with van der Waals surface area (Å²) in [6, 6.07) is 0.0216. The fourth-order valence-corrected chi connectivity index (χ4v) is 4.23. The SMILES string of the molecule is CCN(C=O)c1cn[nH]c1-c1nc(N[C@@H]2CCOC2)c2ncn([C@@H]3O[C@H](CO)[C@@H](O)[C@H]3O)c2n1. The summed E-state index contributed by atoms with van der Waals surface area (Å²) in [7, 11) is 0. The van der Waals surface area contributed by atoms with Crippen LogP contribution in [0.25, 0.3) is 22.7 Å². The highest BCUT2D eigenvalue weighted by Gasteiger charge is 2.44. The summed E-state index contributed by atoms with van der Waals surface area (Å²) >= 11 is 0. The number of H-pyrrole nitrogens is 1. The Hall–Kier alpha value is -3.17. The standard InChI is InChI=1S/C20H26N8O6/c1-2-27(9-30)11-5-22-26-13(11)17-24-18(23-10-3-4-33-7-10)14-19(25-17)28(8-21-14)20-16(32)15(31)12(6-29)34-20/h5,8-10,12,15-16,20,29,31-32H,2-4,6-7H2,1H3,(H,22,26)(H,23,24,25)/t10-,12-,15-,16-,20-/m1/s1. The average Bonchev–Trinajstić information content (AvgIpc) is 3.64. The van der Waals surface area contributed by atoms with Gasteiger partial charge in [-0.15, -0.1) is 0 Å². The van der Waals surface area contributed by atoms with Crippen molar-refractivity contribution in [1.29, 1.82) is 0 Å². The molecule has 34 heavy (non-hydrogen) atoms. The van der Waals surface area contributed by atoms with E-state index in [4.69, 9.17) is 9.47 Å². The number of aliphatic hydroxyl groups is 3. The lowest BCUT2D eigenvalue weighted by molar-refractivity contribution is -0.107. The number of rotatable bonds is 8. The predicted octanol–water partition coefficient (Wildman–Crippen LogP) is -0.989. The van der Waals surface area contributed by atoms with E-state index in [-0.39, 0.29) is 11.9 Å². The van der Waals surface area contributed by atoms with Crippen LogP contribution in [0.2, 0.25) is 0 Å². The zero-order chi connectivity index (χ0) is 23.8. The molecule has 2 aliphatic rings. The second-order valence-electron chi connectivity index (χ2n) is 8.18. The van der Waals surface area contributed by atoms with Crippen molar-refractivity contribution in [2.75, 3.05) is 36.6 Å². The molecule has 0 bridgehead atoms. The van der Waals surface area contributed by atoms with Gasteiger partial charge in [0.05, 0.1) is 37.5 Å². The summed E-state index contributed by atoms with van der Waals surface area (Å²) in [5.41, 5.74) is 1.69. The minimum Gasteiger partial charge on any atom is -0.394 e. The van der Waals surface area contributed by atoms with E-state index in [0.29, 0.717) is 54.5 Å².